The van der Waals surface area contributed by atoms with E-state index in [1.165, 1.54) is 19.2 Å². The van der Waals surface area contributed by atoms with Crippen molar-refractivity contribution in [2.75, 3.05) is 18.9 Å². The van der Waals surface area contributed by atoms with Crippen molar-refractivity contribution >= 4 is 11.6 Å². The van der Waals surface area contributed by atoms with Gasteiger partial charge in [-0.3, -0.25) is 4.79 Å². The van der Waals surface area contributed by atoms with E-state index in [0.717, 1.165) is 18.9 Å². The number of amides is 1. The fourth-order valence-corrected chi connectivity index (χ4v) is 2.16. The van der Waals surface area contributed by atoms with Crippen LogP contribution in [0.15, 0.2) is 18.2 Å². The number of benzene rings is 1. The van der Waals surface area contributed by atoms with Gasteiger partial charge in [0.25, 0.3) is 5.91 Å². The predicted octanol–water partition coefficient (Wildman–Crippen LogP) is 3.91. The van der Waals surface area contributed by atoms with Gasteiger partial charge < -0.3 is 10.6 Å². The molecule has 0 fully saturated rings. The minimum absolute atomic E-state index is 0.0123. The van der Waals surface area contributed by atoms with Gasteiger partial charge in [-0.25, -0.2) is 0 Å². The van der Waals surface area contributed by atoms with E-state index in [1.54, 1.807) is 0 Å². The van der Waals surface area contributed by atoms with Gasteiger partial charge in [-0.2, -0.15) is 13.2 Å². The summed E-state index contributed by atoms with van der Waals surface area (Å²) in [5, 5.41) is 5.19. The Kier molecular flexibility index (Phi) is 6.05. The number of hydrogen-bond acceptors (Lipinski definition) is 2. The lowest BCUT2D eigenvalue weighted by Crippen LogP contribution is -2.30. The average molecular weight is 302 g/mol. The van der Waals surface area contributed by atoms with Gasteiger partial charge >= 0.3 is 6.18 Å². The van der Waals surface area contributed by atoms with Crippen LogP contribution in [0, 0.1) is 5.92 Å². The second-order valence-electron chi connectivity index (χ2n) is 4.87. The number of anilines is 1. The Bertz CT molecular complexity index is 482. The number of hydrogen-bond donors (Lipinski definition) is 2. The molecule has 0 aliphatic carbocycles. The molecule has 0 spiro atoms. The summed E-state index contributed by atoms with van der Waals surface area (Å²) < 4.78 is 38.8. The largest absolute Gasteiger partial charge is 0.418 e. The summed E-state index contributed by atoms with van der Waals surface area (Å²) in [7, 11) is 1.38. The first-order valence-electron chi connectivity index (χ1n) is 7.01. The van der Waals surface area contributed by atoms with Gasteiger partial charge in [0.1, 0.15) is 0 Å². The zero-order valence-electron chi connectivity index (χ0n) is 12.5. The van der Waals surface area contributed by atoms with Crippen LogP contribution in [0.5, 0.6) is 0 Å². The van der Waals surface area contributed by atoms with Gasteiger partial charge in [-0.05, 0) is 18.1 Å². The highest BCUT2D eigenvalue weighted by Gasteiger charge is 2.34. The summed E-state index contributed by atoms with van der Waals surface area (Å²) in [6.45, 7) is 4.50. The molecule has 1 rings (SSSR count). The predicted molar refractivity (Wildman–Crippen MR) is 77.4 cm³/mol. The number of rotatable bonds is 6. The molecule has 0 unspecified atom stereocenters. The van der Waals surface area contributed by atoms with Crippen LogP contribution in [0.1, 0.15) is 42.6 Å². The van der Waals surface area contributed by atoms with Crippen LogP contribution in [-0.2, 0) is 6.18 Å². The van der Waals surface area contributed by atoms with E-state index in [-0.39, 0.29) is 11.3 Å². The Morgan fingerprint density at radius 2 is 1.86 bits per heavy atom. The zero-order valence-corrected chi connectivity index (χ0v) is 12.5. The van der Waals surface area contributed by atoms with E-state index in [2.05, 4.69) is 10.6 Å². The third-order valence-corrected chi connectivity index (χ3v) is 3.57. The molecule has 0 aliphatic heterocycles. The smallest absolute Gasteiger partial charge is 0.387 e. The number of carbonyl (C=O) groups excluding carboxylic acids is 1. The molecule has 3 nitrogen and oxygen atoms in total. The second-order valence-corrected chi connectivity index (χ2v) is 4.87. The van der Waals surface area contributed by atoms with Gasteiger partial charge in [0.2, 0.25) is 0 Å². The van der Waals surface area contributed by atoms with Crippen LogP contribution in [-0.4, -0.2) is 19.5 Å². The molecule has 1 amide bonds. The van der Waals surface area contributed by atoms with Crippen molar-refractivity contribution in [1.82, 2.24) is 5.32 Å². The van der Waals surface area contributed by atoms with Gasteiger partial charge in [0.15, 0.2) is 0 Å². The first-order chi connectivity index (χ1) is 9.85. The molecule has 0 saturated heterocycles. The van der Waals surface area contributed by atoms with Crippen molar-refractivity contribution in [1.29, 1.82) is 0 Å². The van der Waals surface area contributed by atoms with E-state index >= 15 is 0 Å². The third-order valence-electron chi connectivity index (χ3n) is 3.57. The lowest BCUT2D eigenvalue weighted by molar-refractivity contribution is -0.136. The normalized spacial score (nSPS) is 11.6. The lowest BCUT2D eigenvalue weighted by Gasteiger charge is -2.18. The maximum atomic E-state index is 12.9. The Hall–Kier alpha value is -1.72. The molecule has 0 bridgehead atoms. The highest BCUT2D eigenvalue weighted by atomic mass is 19.4. The van der Waals surface area contributed by atoms with Crippen LogP contribution in [0.25, 0.3) is 0 Å². The Morgan fingerprint density at radius 3 is 2.33 bits per heavy atom. The van der Waals surface area contributed by atoms with Crippen LogP contribution in [0.3, 0.4) is 0 Å². The molecule has 1 aromatic rings. The van der Waals surface area contributed by atoms with Crippen molar-refractivity contribution in [2.24, 2.45) is 5.92 Å². The van der Waals surface area contributed by atoms with Crippen molar-refractivity contribution in [2.45, 2.75) is 32.9 Å². The Labute approximate surface area is 122 Å². The minimum Gasteiger partial charge on any atom is -0.387 e. The van der Waals surface area contributed by atoms with E-state index < -0.39 is 17.6 Å². The molecule has 0 heterocycles. The van der Waals surface area contributed by atoms with E-state index in [1.807, 2.05) is 13.8 Å². The number of carbonyl (C=O) groups is 1. The van der Waals surface area contributed by atoms with Gasteiger partial charge in [0.05, 0.1) is 16.8 Å². The first-order valence-corrected chi connectivity index (χ1v) is 7.01. The summed E-state index contributed by atoms with van der Waals surface area (Å²) in [5.74, 6) is -0.157. The summed E-state index contributed by atoms with van der Waals surface area (Å²) in [5.41, 5.74) is -1.01. The van der Waals surface area contributed by atoms with Gasteiger partial charge in [-0.1, -0.05) is 32.8 Å². The minimum atomic E-state index is -4.50. The van der Waals surface area contributed by atoms with Gasteiger partial charge in [0, 0.05) is 13.6 Å². The maximum absolute atomic E-state index is 12.9. The Morgan fingerprint density at radius 1 is 1.24 bits per heavy atom. The standard InChI is InChI=1S/C15H21F3N2O/c1-4-10(5-2)9-20-14(21)11-7-6-8-12(13(11)19-3)15(16,17)18/h6-8,10,19H,4-5,9H2,1-3H3,(H,20,21). The molecule has 6 heteroatoms. The summed E-state index contributed by atoms with van der Waals surface area (Å²) in [4.78, 5) is 12.1. The zero-order chi connectivity index (χ0) is 16.0. The number of para-hydroxylation sites is 1. The SMILES string of the molecule is CCC(CC)CNC(=O)c1cccc(C(F)(F)F)c1NC. The van der Waals surface area contributed by atoms with Gasteiger partial charge in [-0.15, -0.1) is 0 Å². The monoisotopic (exact) mass is 302 g/mol. The van der Waals surface area contributed by atoms with Crippen molar-refractivity contribution in [3.8, 4) is 0 Å². The molecule has 0 atom stereocenters. The molecular formula is C15H21F3N2O. The third kappa shape index (κ3) is 4.37. The average Bonchev–Trinajstić information content (AvgIpc) is 2.46. The molecule has 0 aliphatic rings. The van der Waals surface area contributed by atoms with Crippen molar-refractivity contribution in [3.05, 3.63) is 29.3 Å². The van der Waals surface area contributed by atoms with Crippen molar-refractivity contribution in [3.63, 3.8) is 0 Å². The summed E-state index contributed by atoms with van der Waals surface area (Å²) in [6.07, 6.45) is -2.67. The highest BCUT2D eigenvalue weighted by Crippen LogP contribution is 2.36. The maximum Gasteiger partial charge on any atom is 0.418 e. The van der Waals surface area contributed by atoms with E-state index in [9.17, 15) is 18.0 Å². The second kappa shape index (κ2) is 7.33. The Balaban J connectivity index is 3.00. The first kappa shape index (κ1) is 17.3. The van der Waals surface area contributed by atoms with E-state index in [4.69, 9.17) is 0 Å². The fourth-order valence-electron chi connectivity index (χ4n) is 2.16. The van der Waals surface area contributed by atoms with E-state index in [0.29, 0.717) is 12.5 Å². The molecular weight excluding hydrogens is 281 g/mol. The fraction of sp³-hybridized carbons (Fsp3) is 0.533. The quantitative estimate of drug-likeness (QED) is 0.836. The van der Waals surface area contributed by atoms with Crippen molar-refractivity contribution < 1.29 is 18.0 Å². The van der Waals surface area contributed by atoms with Crippen LogP contribution in [0.4, 0.5) is 18.9 Å². The van der Waals surface area contributed by atoms with Crippen LogP contribution in [0.2, 0.25) is 0 Å². The van der Waals surface area contributed by atoms with Crippen LogP contribution >= 0.6 is 0 Å². The molecule has 21 heavy (non-hydrogen) atoms. The molecule has 0 radical (unpaired) electrons. The van der Waals surface area contributed by atoms with Crippen LogP contribution < -0.4 is 10.6 Å². The number of halogens is 3. The number of alkyl halides is 3. The lowest BCUT2D eigenvalue weighted by atomic mass is 10.0. The highest BCUT2D eigenvalue weighted by molar-refractivity contribution is 6.00. The summed E-state index contributed by atoms with van der Waals surface area (Å²) >= 11 is 0. The summed E-state index contributed by atoms with van der Waals surface area (Å²) in [6, 6.07) is 3.60. The molecule has 0 saturated carbocycles. The number of nitrogens with one attached hydrogen (secondary N) is 2. The topological polar surface area (TPSA) is 41.1 Å². The molecule has 118 valence electrons. The molecule has 0 aromatic heterocycles. The molecule has 2 N–H and O–H groups in total. The molecule has 1 aromatic carbocycles.